The van der Waals surface area contributed by atoms with Gasteiger partial charge in [0, 0.05) is 12.7 Å². The summed E-state index contributed by atoms with van der Waals surface area (Å²) in [5.74, 6) is -0.566. The third-order valence-electron chi connectivity index (χ3n) is 3.52. The van der Waals surface area contributed by atoms with Gasteiger partial charge in [0.05, 0.1) is 23.9 Å². The van der Waals surface area contributed by atoms with Gasteiger partial charge in [-0.3, -0.25) is 9.89 Å². The predicted octanol–water partition coefficient (Wildman–Crippen LogP) is 1.50. The third-order valence-corrected chi connectivity index (χ3v) is 3.52. The van der Waals surface area contributed by atoms with E-state index in [1.165, 1.54) is 24.5 Å². The largest absolute Gasteiger partial charge is 0.391 e. The van der Waals surface area contributed by atoms with E-state index in [-0.39, 0.29) is 24.3 Å². The molecule has 2 heterocycles. The van der Waals surface area contributed by atoms with Crippen molar-refractivity contribution in [2.75, 3.05) is 6.54 Å². The van der Waals surface area contributed by atoms with Gasteiger partial charge in [0.1, 0.15) is 5.82 Å². The Balaban J connectivity index is 1.91. The molecule has 2 aromatic rings. The van der Waals surface area contributed by atoms with Crippen molar-refractivity contribution in [2.45, 2.75) is 18.6 Å². The van der Waals surface area contributed by atoms with E-state index in [4.69, 9.17) is 0 Å². The molecule has 104 valence electrons. The molecule has 20 heavy (non-hydrogen) atoms. The van der Waals surface area contributed by atoms with Gasteiger partial charge in [-0.2, -0.15) is 5.10 Å². The summed E-state index contributed by atoms with van der Waals surface area (Å²) in [6, 6.07) is 5.82. The van der Waals surface area contributed by atoms with Crippen LogP contribution in [-0.2, 0) is 0 Å². The highest BCUT2D eigenvalue weighted by Gasteiger charge is 2.36. The number of nitrogens with zero attached hydrogens (tertiary/aromatic N) is 2. The topological polar surface area (TPSA) is 69.2 Å². The first-order chi connectivity index (χ1) is 9.65. The minimum Gasteiger partial charge on any atom is -0.391 e. The van der Waals surface area contributed by atoms with Crippen LogP contribution in [0.5, 0.6) is 0 Å². The maximum atomic E-state index is 13.3. The predicted molar refractivity (Wildman–Crippen MR) is 69.4 cm³/mol. The van der Waals surface area contributed by atoms with Gasteiger partial charge in [-0.25, -0.2) is 4.39 Å². The van der Waals surface area contributed by atoms with Crippen LogP contribution in [0.15, 0.2) is 36.7 Å². The molecule has 0 aliphatic carbocycles. The average molecular weight is 275 g/mol. The van der Waals surface area contributed by atoms with E-state index in [2.05, 4.69) is 10.2 Å². The molecule has 1 aliphatic rings. The standard InChI is InChI=1S/C14H14FN3O2/c15-11-3-1-2-9(4-11)13-5-12(19)8-18(13)14(20)10-6-16-17-7-10/h1-4,6-7,12-13,19H,5,8H2,(H,16,17). The number of likely N-dealkylation sites (tertiary alicyclic amines) is 1. The zero-order valence-corrected chi connectivity index (χ0v) is 10.7. The van der Waals surface area contributed by atoms with Gasteiger partial charge in [0.25, 0.3) is 5.91 Å². The fourth-order valence-corrected chi connectivity index (χ4v) is 2.60. The van der Waals surface area contributed by atoms with Crippen LogP contribution >= 0.6 is 0 Å². The van der Waals surface area contributed by atoms with Gasteiger partial charge in [-0.15, -0.1) is 0 Å². The number of benzene rings is 1. The third kappa shape index (κ3) is 2.30. The lowest BCUT2D eigenvalue weighted by molar-refractivity contribution is 0.0715. The number of hydrogen-bond donors (Lipinski definition) is 2. The number of hydrogen-bond acceptors (Lipinski definition) is 3. The van der Waals surface area contributed by atoms with E-state index < -0.39 is 6.10 Å². The van der Waals surface area contributed by atoms with Crippen molar-refractivity contribution in [3.8, 4) is 0 Å². The quantitative estimate of drug-likeness (QED) is 0.872. The number of rotatable bonds is 2. The van der Waals surface area contributed by atoms with Crippen molar-refractivity contribution in [1.29, 1.82) is 0 Å². The Labute approximate surface area is 115 Å². The smallest absolute Gasteiger partial charge is 0.257 e. The molecule has 2 atom stereocenters. The summed E-state index contributed by atoms with van der Waals surface area (Å²) in [5.41, 5.74) is 1.12. The highest BCUT2D eigenvalue weighted by molar-refractivity contribution is 5.94. The van der Waals surface area contributed by atoms with Crippen LogP contribution in [0.25, 0.3) is 0 Å². The lowest BCUT2D eigenvalue weighted by atomic mass is 10.0. The van der Waals surface area contributed by atoms with E-state index in [9.17, 15) is 14.3 Å². The molecule has 0 radical (unpaired) electrons. The number of amides is 1. The second kappa shape index (κ2) is 5.05. The molecule has 0 saturated carbocycles. The Morgan fingerprint density at radius 3 is 3.05 bits per heavy atom. The van der Waals surface area contributed by atoms with Crippen LogP contribution in [0.1, 0.15) is 28.4 Å². The molecule has 3 rings (SSSR count). The lowest BCUT2D eigenvalue weighted by Crippen LogP contribution is -2.31. The summed E-state index contributed by atoms with van der Waals surface area (Å²) in [5, 5.41) is 16.2. The SMILES string of the molecule is O=C(c1cn[nH]c1)N1CC(O)CC1c1cccc(F)c1. The van der Waals surface area contributed by atoms with Gasteiger partial charge in [-0.05, 0) is 24.1 Å². The van der Waals surface area contributed by atoms with Crippen LogP contribution in [0.2, 0.25) is 0 Å². The molecule has 5 nitrogen and oxygen atoms in total. The number of aromatic nitrogens is 2. The number of carbonyl (C=O) groups excluding carboxylic acids is 1. The summed E-state index contributed by atoms with van der Waals surface area (Å²) < 4.78 is 13.3. The Kier molecular flexibility index (Phi) is 3.23. The molecular formula is C14H14FN3O2. The molecule has 1 aliphatic heterocycles. The van der Waals surface area contributed by atoms with E-state index in [1.54, 1.807) is 17.0 Å². The van der Waals surface area contributed by atoms with Crippen molar-refractivity contribution in [3.63, 3.8) is 0 Å². The number of halogens is 1. The molecule has 1 aromatic heterocycles. The van der Waals surface area contributed by atoms with Gasteiger partial charge in [-0.1, -0.05) is 12.1 Å². The molecule has 1 aromatic carbocycles. The molecule has 2 unspecified atom stereocenters. The van der Waals surface area contributed by atoms with E-state index in [0.29, 0.717) is 17.5 Å². The zero-order chi connectivity index (χ0) is 14.1. The second-order valence-electron chi connectivity index (χ2n) is 4.90. The van der Waals surface area contributed by atoms with Crippen molar-refractivity contribution >= 4 is 5.91 Å². The number of nitrogens with one attached hydrogen (secondary N) is 1. The maximum Gasteiger partial charge on any atom is 0.257 e. The van der Waals surface area contributed by atoms with Crippen molar-refractivity contribution in [3.05, 3.63) is 53.6 Å². The first-order valence-corrected chi connectivity index (χ1v) is 6.38. The molecule has 6 heteroatoms. The van der Waals surface area contributed by atoms with Crippen molar-refractivity contribution in [1.82, 2.24) is 15.1 Å². The van der Waals surface area contributed by atoms with Crippen LogP contribution in [0, 0.1) is 5.82 Å². The summed E-state index contributed by atoms with van der Waals surface area (Å²) in [7, 11) is 0. The molecule has 2 N–H and O–H groups in total. The fraction of sp³-hybridized carbons (Fsp3) is 0.286. The Morgan fingerprint density at radius 2 is 2.35 bits per heavy atom. The average Bonchev–Trinajstić information content (AvgIpc) is 3.07. The highest BCUT2D eigenvalue weighted by Crippen LogP contribution is 2.33. The minimum absolute atomic E-state index is 0.218. The number of aliphatic hydroxyl groups is 1. The fourth-order valence-electron chi connectivity index (χ4n) is 2.60. The first kappa shape index (κ1) is 12.8. The van der Waals surface area contributed by atoms with E-state index in [0.717, 1.165) is 0 Å². The Morgan fingerprint density at radius 1 is 1.50 bits per heavy atom. The number of carbonyl (C=O) groups is 1. The van der Waals surface area contributed by atoms with Crippen LogP contribution in [-0.4, -0.2) is 38.8 Å². The van der Waals surface area contributed by atoms with Crippen LogP contribution < -0.4 is 0 Å². The summed E-state index contributed by atoms with van der Waals surface area (Å²) >= 11 is 0. The van der Waals surface area contributed by atoms with Gasteiger partial charge in [0.2, 0.25) is 0 Å². The van der Waals surface area contributed by atoms with Gasteiger partial charge < -0.3 is 10.0 Å². The molecule has 0 spiro atoms. The molecule has 1 saturated heterocycles. The monoisotopic (exact) mass is 275 g/mol. The van der Waals surface area contributed by atoms with Crippen LogP contribution in [0.4, 0.5) is 4.39 Å². The molecule has 0 bridgehead atoms. The number of H-pyrrole nitrogens is 1. The Hall–Kier alpha value is -2.21. The van der Waals surface area contributed by atoms with Crippen molar-refractivity contribution in [2.24, 2.45) is 0 Å². The minimum atomic E-state index is -0.598. The normalized spacial score (nSPS) is 22.2. The maximum absolute atomic E-state index is 13.3. The number of aliphatic hydroxyl groups excluding tert-OH is 1. The molecule has 1 fully saturated rings. The molecule has 1 amide bonds. The van der Waals surface area contributed by atoms with Gasteiger partial charge >= 0.3 is 0 Å². The zero-order valence-electron chi connectivity index (χ0n) is 10.7. The number of β-amino-alcohol motifs (C(OH)–C–C–N with tert-alkyl or cyclic N) is 1. The van der Waals surface area contributed by atoms with E-state index >= 15 is 0 Å². The Bertz CT molecular complexity index is 615. The highest BCUT2D eigenvalue weighted by atomic mass is 19.1. The van der Waals surface area contributed by atoms with Crippen molar-refractivity contribution < 1.29 is 14.3 Å². The number of aromatic amines is 1. The van der Waals surface area contributed by atoms with E-state index in [1.807, 2.05) is 0 Å². The second-order valence-corrected chi connectivity index (χ2v) is 4.90. The van der Waals surface area contributed by atoms with Crippen LogP contribution in [0.3, 0.4) is 0 Å². The lowest BCUT2D eigenvalue weighted by Gasteiger charge is -2.24. The summed E-state index contributed by atoms with van der Waals surface area (Å²) in [6.07, 6.45) is 2.76. The summed E-state index contributed by atoms with van der Waals surface area (Å²) in [6.45, 7) is 0.241. The first-order valence-electron chi connectivity index (χ1n) is 6.38. The van der Waals surface area contributed by atoms with Gasteiger partial charge in [0.15, 0.2) is 0 Å². The molecular weight excluding hydrogens is 261 g/mol. The summed E-state index contributed by atoms with van der Waals surface area (Å²) in [4.78, 5) is 13.9.